The van der Waals surface area contributed by atoms with E-state index >= 15 is 0 Å². The molecule has 0 fully saturated rings. The van der Waals surface area contributed by atoms with Gasteiger partial charge < -0.3 is 9.84 Å². The van der Waals surface area contributed by atoms with Crippen molar-refractivity contribution in [2.75, 3.05) is 0 Å². The third-order valence-corrected chi connectivity index (χ3v) is 2.98. The maximum absolute atomic E-state index is 9.38. The second-order valence-corrected chi connectivity index (χ2v) is 5.96. The summed E-state index contributed by atoms with van der Waals surface area (Å²) in [6.45, 7) is 8.11. The minimum atomic E-state index is -0.105. The predicted molar refractivity (Wildman–Crippen MR) is 76.9 cm³/mol. The summed E-state index contributed by atoms with van der Waals surface area (Å²) in [6.07, 6.45) is 0. The minimum Gasteiger partial charge on any atom is -0.421 e. The fraction of sp³-hybridized carbons (Fsp3) is 0.467. The van der Waals surface area contributed by atoms with Crippen LogP contribution in [0.15, 0.2) is 18.2 Å². The third kappa shape index (κ3) is 3.17. The average Bonchev–Trinajstić information content (AvgIpc) is 2.66. The average molecular weight is 275 g/mol. The van der Waals surface area contributed by atoms with E-state index in [1.165, 1.54) is 0 Å². The normalized spacial score (nSPS) is 11.7. The maximum Gasteiger partial charge on any atom is 0.221 e. The first-order chi connectivity index (χ1) is 9.29. The molecule has 0 unspecified atom stereocenters. The summed E-state index contributed by atoms with van der Waals surface area (Å²) in [5.74, 6) is 1.11. The Morgan fingerprint density at radius 1 is 1.25 bits per heavy atom. The van der Waals surface area contributed by atoms with E-state index in [0.29, 0.717) is 11.8 Å². The highest BCUT2D eigenvalue weighted by atomic mass is 16.5. The van der Waals surface area contributed by atoms with Crippen molar-refractivity contribution in [2.45, 2.75) is 39.7 Å². The van der Waals surface area contributed by atoms with Gasteiger partial charge in [-0.1, -0.05) is 20.8 Å². The molecule has 5 heteroatoms. The van der Waals surface area contributed by atoms with Crippen LogP contribution in [-0.4, -0.2) is 19.9 Å². The molecule has 0 radical (unpaired) electrons. The molecule has 0 aliphatic rings. The van der Waals surface area contributed by atoms with Crippen LogP contribution in [0.5, 0.6) is 11.8 Å². The van der Waals surface area contributed by atoms with Crippen LogP contribution in [-0.2, 0) is 19.1 Å². The zero-order valence-corrected chi connectivity index (χ0v) is 12.6. The maximum atomic E-state index is 9.38. The summed E-state index contributed by atoms with van der Waals surface area (Å²) in [5.41, 5.74) is 2.46. The van der Waals surface area contributed by atoms with Crippen molar-refractivity contribution in [1.82, 2.24) is 14.8 Å². The lowest BCUT2D eigenvalue weighted by molar-refractivity contribution is 0.280. The number of aliphatic hydroxyl groups is 1. The quantitative estimate of drug-likeness (QED) is 0.935. The lowest BCUT2D eigenvalue weighted by Gasteiger charge is -2.19. The number of ether oxygens (including phenoxy) is 1. The molecule has 0 aromatic carbocycles. The molecule has 2 rings (SSSR count). The molecule has 5 nitrogen and oxygen atoms in total. The van der Waals surface area contributed by atoms with Crippen LogP contribution in [0.3, 0.4) is 0 Å². The fourth-order valence-corrected chi connectivity index (χ4v) is 1.88. The van der Waals surface area contributed by atoms with Crippen molar-refractivity contribution >= 4 is 0 Å². The molecule has 0 atom stereocenters. The van der Waals surface area contributed by atoms with Gasteiger partial charge in [-0.2, -0.15) is 5.10 Å². The first kappa shape index (κ1) is 14.5. The van der Waals surface area contributed by atoms with Crippen LogP contribution in [0.1, 0.15) is 37.7 Å². The van der Waals surface area contributed by atoms with Gasteiger partial charge in [-0.3, -0.25) is 0 Å². The van der Waals surface area contributed by atoms with Crippen LogP contribution in [0.2, 0.25) is 0 Å². The van der Waals surface area contributed by atoms with Gasteiger partial charge in [0, 0.05) is 24.6 Å². The van der Waals surface area contributed by atoms with Gasteiger partial charge in [-0.05, 0) is 18.6 Å². The summed E-state index contributed by atoms with van der Waals surface area (Å²) in [5, 5.41) is 13.6. The smallest absolute Gasteiger partial charge is 0.221 e. The Morgan fingerprint density at radius 2 is 1.95 bits per heavy atom. The van der Waals surface area contributed by atoms with E-state index in [1.807, 2.05) is 26.1 Å². The van der Waals surface area contributed by atoms with Gasteiger partial charge in [0.15, 0.2) is 0 Å². The van der Waals surface area contributed by atoms with E-state index in [4.69, 9.17) is 4.74 Å². The first-order valence-electron chi connectivity index (χ1n) is 6.60. The van der Waals surface area contributed by atoms with Crippen molar-refractivity contribution in [3.8, 4) is 11.8 Å². The molecule has 0 amide bonds. The molecule has 2 aromatic rings. The Morgan fingerprint density at radius 3 is 2.45 bits per heavy atom. The standard InChI is InChI=1S/C15H21N3O2/c1-10-6-14(18(5)17-10)20-13-8-11(9-19)7-12(16-13)15(2,3)4/h6-8,19H,9H2,1-5H3. The highest BCUT2D eigenvalue weighted by molar-refractivity contribution is 5.30. The van der Waals surface area contributed by atoms with E-state index in [-0.39, 0.29) is 12.0 Å². The summed E-state index contributed by atoms with van der Waals surface area (Å²) in [7, 11) is 1.82. The Hall–Kier alpha value is -1.88. The number of hydrogen-bond donors (Lipinski definition) is 1. The van der Waals surface area contributed by atoms with Crippen LogP contribution in [0.25, 0.3) is 0 Å². The van der Waals surface area contributed by atoms with Crippen LogP contribution in [0.4, 0.5) is 0 Å². The van der Waals surface area contributed by atoms with Crippen LogP contribution in [0, 0.1) is 6.92 Å². The molecule has 0 saturated carbocycles. The molecule has 0 bridgehead atoms. The van der Waals surface area contributed by atoms with Crippen molar-refractivity contribution in [3.63, 3.8) is 0 Å². The number of nitrogens with zero attached hydrogens (tertiary/aromatic N) is 3. The molecule has 2 heterocycles. The molecular weight excluding hydrogens is 254 g/mol. The van der Waals surface area contributed by atoms with Crippen LogP contribution < -0.4 is 4.74 Å². The van der Waals surface area contributed by atoms with E-state index in [0.717, 1.165) is 17.0 Å². The van der Waals surface area contributed by atoms with Gasteiger partial charge in [-0.25, -0.2) is 9.67 Å². The third-order valence-electron chi connectivity index (χ3n) is 2.98. The van der Waals surface area contributed by atoms with E-state index in [9.17, 15) is 5.11 Å². The number of aromatic nitrogens is 3. The Bertz CT molecular complexity index is 612. The largest absolute Gasteiger partial charge is 0.421 e. The Kier molecular flexibility index (Phi) is 3.81. The van der Waals surface area contributed by atoms with Gasteiger partial charge >= 0.3 is 0 Å². The SMILES string of the molecule is Cc1cc(Oc2cc(CO)cc(C(C)(C)C)n2)n(C)n1. The predicted octanol–water partition coefficient (Wildman–Crippen LogP) is 2.71. The molecule has 1 N–H and O–H groups in total. The van der Waals surface area contributed by atoms with Gasteiger partial charge in [0.05, 0.1) is 18.0 Å². The van der Waals surface area contributed by atoms with Crippen LogP contribution >= 0.6 is 0 Å². The van der Waals surface area contributed by atoms with Crippen molar-refractivity contribution < 1.29 is 9.84 Å². The summed E-state index contributed by atoms with van der Waals surface area (Å²) in [6, 6.07) is 5.50. The van der Waals surface area contributed by atoms with Gasteiger partial charge in [0.25, 0.3) is 0 Å². The summed E-state index contributed by atoms with van der Waals surface area (Å²) >= 11 is 0. The molecule has 0 aliphatic heterocycles. The van der Waals surface area contributed by atoms with E-state index in [2.05, 4.69) is 30.9 Å². The van der Waals surface area contributed by atoms with Crippen molar-refractivity contribution in [3.05, 3.63) is 35.2 Å². The van der Waals surface area contributed by atoms with Crippen molar-refractivity contribution in [2.24, 2.45) is 7.05 Å². The lowest BCUT2D eigenvalue weighted by atomic mass is 9.91. The molecule has 0 saturated heterocycles. The summed E-state index contributed by atoms with van der Waals surface area (Å²) in [4.78, 5) is 4.52. The number of aliphatic hydroxyl groups excluding tert-OH is 1. The lowest BCUT2D eigenvalue weighted by Crippen LogP contribution is -2.14. The highest BCUT2D eigenvalue weighted by Gasteiger charge is 2.18. The molecular formula is C15H21N3O2. The van der Waals surface area contributed by atoms with Gasteiger partial charge in [-0.15, -0.1) is 0 Å². The molecule has 0 spiro atoms. The Labute approximate surface area is 119 Å². The second-order valence-electron chi connectivity index (χ2n) is 5.96. The molecule has 20 heavy (non-hydrogen) atoms. The first-order valence-corrected chi connectivity index (χ1v) is 6.60. The number of rotatable bonds is 3. The zero-order valence-electron chi connectivity index (χ0n) is 12.6. The second kappa shape index (κ2) is 5.25. The molecule has 108 valence electrons. The zero-order chi connectivity index (χ0) is 14.9. The molecule has 0 aliphatic carbocycles. The monoisotopic (exact) mass is 275 g/mol. The number of pyridine rings is 1. The van der Waals surface area contributed by atoms with Crippen molar-refractivity contribution in [1.29, 1.82) is 0 Å². The molecule has 2 aromatic heterocycles. The minimum absolute atomic E-state index is 0.0353. The number of hydrogen-bond acceptors (Lipinski definition) is 4. The Balaban J connectivity index is 2.38. The van der Waals surface area contributed by atoms with Gasteiger partial charge in [0.1, 0.15) is 0 Å². The fourth-order valence-electron chi connectivity index (χ4n) is 1.88. The van der Waals surface area contributed by atoms with Gasteiger partial charge in [0.2, 0.25) is 11.8 Å². The summed E-state index contributed by atoms with van der Waals surface area (Å²) < 4.78 is 7.45. The number of aryl methyl sites for hydroxylation is 2. The van der Waals surface area contributed by atoms with E-state index in [1.54, 1.807) is 10.7 Å². The van der Waals surface area contributed by atoms with E-state index < -0.39 is 0 Å². The topological polar surface area (TPSA) is 60.2 Å². The highest BCUT2D eigenvalue weighted by Crippen LogP contribution is 2.27.